The van der Waals surface area contributed by atoms with Gasteiger partial charge in [-0.1, -0.05) is 42.5 Å². The number of rotatable bonds is 9. The van der Waals surface area contributed by atoms with Crippen molar-refractivity contribution in [3.05, 3.63) is 48.0 Å². The number of benzene rings is 1. The van der Waals surface area contributed by atoms with Crippen LogP contribution in [0.25, 0.3) is 0 Å². The van der Waals surface area contributed by atoms with Gasteiger partial charge in [0.2, 0.25) is 11.8 Å². The number of allylic oxidation sites excluding steroid dienone is 2. The summed E-state index contributed by atoms with van der Waals surface area (Å²) in [6, 6.07) is 8.46. The van der Waals surface area contributed by atoms with Crippen molar-refractivity contribution in [1.82, 2.24) is 10.2 Å². The van der Waals surface area contributed by atoms with Gasteiger partial charge in [-0.3, -0.25) is 14.5 Å². The summed E-state index contributed by atoms with van der Waals surface area (Å²) in [7, 11) is 1.26. The molecule has 1 N–H and O–H groups in total. The standard InChI is InChI=1S/C24H28N2O6/c1-31-23(29)18(26-21(27)19-16-10-11-17(13-16)20(19)22(26)28)9-5-6-12-25-24(30)32-14-15-7-3-2-4-8-15/h2-4,7-8,10-11,16-20H,5-6,9,12-14H2,1H3,(H,25,30)/t16-,17+,18-,19-,20+/m0/s1. The molecule has 1 saturated carbocycles. The Balaban J connectivity index is 1.24. The highest BCUT2D eigenvalue weighted by atomic mass is 16.5. The Morgan fingerprint density at radius 2 is 1.72 bits per heavy atom. The third-order valence-corrected chi connectivity index (χ3v) is 6.68. The van der Waals surface area contributed by atoms with Crippen LogP contribution >= 0.6 is 0 Å². The first-order chi connectivity index (χ1) is 15.5. The molecular weight excluding hydrogens is 412 g/mol. The summed E-state index contributed by atoms with van der Waals surface area (Å²) < 4.78 is 10.1. The Morgan fingerprint density at radius 3 is 2.34 bits per heavy atom. The van der Waals surface area contributed by atoms with Crippen LogP contribution < -0.4 is 5.32 Å². The van der Waals surface area contributed by atoms with Crippen LogP contribution in [-0.4, -0.2) is 48.5 Å². The normalized spacial score (nSPS) is 26.2. The summed E-state index contributed by atoms with van der Waals surface area (Å²) in [5.74, 6) is -1.59. The van der Waals surface area contributed by atoms with Gasteiger partial charge in [0.25, 0.3) is 0 Å². The lowest BCUT2D eigenvalue weighted by atomic mass is 9.85. The van der Waals surface area contributed by atoms with Crippen LogP contribution in [0, 0.1) is 23.7 Å². The number of unbranched alkanes of at least 4 members (excludes halogenated alkanes) is 1. The van der Waals surface area contributed by atoms with Crippen molar-refractivity contribution in [2.45, 2.75) is 38.3 Å². The van der Waals surface area contributed by atoms with E-state index in [1.807, 2.05) is 42.5 Å². The lowest BCUT2D eigenvalue weighted by Gasteiger charge is -2.25. The monoisotopic (exact) mass is 440 g/mol. The maximum Gasteiger partial charge on any atom is 0.407 e. The molecule has 8 nitrogen and oxygen atoms in total. The third-order valence-electron chi connectivity index (χ3n) is 6.68. The minimum absolute atomic E-state index is 0.0934. The number of fused-ring (bicyclic) bond motifs is 5. The van der Waals surface area contributed by atoms with Gasteiger partial charge in [0.15, 0.2) is 0 Å². The molecule has 0 aromatic heterocycles. The number of likely N-dealkylation sites (tertiary alicyclic amines) is 1. The van der Waals surface area contributed by atoms with Gasteiger partial charge < -0.3 is 14.8 Å². The lowest BCUT2D eigenvalue weighted by Crippen LogP contribution is -2.46. The zero-order valence-electron chi connectivity index (χ0n) is 18.1. The highest BCUT2D eigenvalue weighted by Gasteiger charge is 2.61. The van der Waals surface area contributed by atoms with Gasteiger partial charge in [-0.25, -0.2) is 9.59 Å². The number of hydrogen-bond acceptors (Lipinski definition) is 6. The van der Waals surface area contributed by atoms with Crippen molar-refractivity contribution in [3.8, 4) is 0 Å². The topological polar surface area (TPSA) is 102 Å². The summed E-state index contributed by atoms with van der Waals surface area (Å²) in [5.41, 5.74) is 0.900. The first-order valence-corrected chi connectivity index (χ1v) is 11.1. The third kappa shape index (κ3) is 4.26. The fourth-order valence-electron chi connectivity index (χ4n) is 5.15. The number of nitrogens with zero attached hydrogens (tertiary/aromatic N) is 1. The Morgan fingerprint density at radius 1 is 1.06 bits per heavy atom. The molecule has 1 aromatic rings. The molecule has 1 aliphatic heterocycles. The SMILES string of the molecule is COC(=O)[C@H](CCCCNC(=O)OCc1ccccc1)N1C(=O)[C@@H]2[C@H](C1=O)[C@@H]1C=C[C@H]2C1. The van der Waals surface area contributed by atoms with Crippen LogP contribution in [0.1, 0.15) is 31.2 Å². The number of carbonyl (C=O) groups excluding carboxylic acids is 4. The first kappa shape index (κ1) is 22.0. The van der Waals surface area contributed by atoms with Crippen LogP contribution in [0.5, 0.6) is 0 Å². The zero-order chi connectivity index (χ0) is 22.7. The maximum atomic E-state index is 13.0. The molecule has 3 aliphatic rings. The van der Waals surface area contributed by atoms with E-state index < -0.39 is 18.1 Å². The molecule has 3 amide bonds. The highest BCUT2D eigenvalue weighted by molar-refractivity contribution is 6.08. The highest BCUT2D eigenvalue weighted by Crippen LogP contribution is 2.53. The van der Waals surface area contributed by atoms with Gasteiger partial charge in [-0.2, -0.15) is 0 Å². The Bertz CT molecular complexity index is 884. The fraction of sp³-hybridized carbons (Fsp3) is 0.500. The molecule has 1 saturated heterocycles. The molecule has 0 radical (unpaired) electrons. The molecule has 170 valence electrons. The van der Waals surface area contributed by atoms with E-state index in [2.05, 4.69) is 5.32 Å². The molecule has 1 aromatic carbocycles. The number of alkyl carbamates (subject to hydrolysis) is 1. The fourth-order valence-corrected chi connectivity index (χ4v) is 5.15. The average molecular weight is 440 g/mol. The van der Waals surface area contributed by atoms with E-state index in [1.165, 1.54) is 7.11 Å². The van der Waals surface area contributed by atoms with E-state index in [9.17, 15) is 19.2 Å². The number of ether oxygens (including phenoxy) is 2. The van der Waals surface area contributed by atoms with Gasteiger partial charge >= 0.3 is 12.1 Å². The van der Waals surface area contributed by atoms with Gasteiger partial charge in [-0.15, -0.1) is 0 Å². The smallest absolute Gasteiger partial charge is 0.407 e. The lowest BCUT2D eigenvalue weighted by molar-refractivity contribution is -0.157. The number of carbonyl (C=O) groups is 4. The minimum Gasteiger partial charge on any atom is -0.467 e. The molecule has 1 heterocycles. The molecule has 4 rings (SSSR count). The number of esters is 1. The van der Waals surface area contributed by atoms with Crippen LogP contribution in [0.4, 0.5) is 4.79 Å². The Hall–Kier alpha value is -3.16. The predicted octanol–water partition coefficient (Wildman–Crippen LogP) is 2.43. The van der Waals surface area contributed by atoms with E-state index >= 15 is 0 Å². The second-order valence-corrected chi connectivity index (χ2v) is 8.57. The van der Waals surface area contributed by atoms with E-state index in [0.717, 1.165) is 16.9 Å². The van der Waals surface area contributed by atoms with Crippen LogP contribution in [0.3, 0.4) is 0 Å². The van der Waals surface area contributed by atoms with Crippen molar-refractivity contribution in [2.75, 3.05) is 13.7 Å². The van der Waals surface area contributed by atoms with E-state index in [-0.39, 0.29) is 42.1 Å². The van der Waals surface area contributed by atoms with Crippen LogP contribution in [0.2, 0.25) is 0 Å². The first-order valence-electron chi connectivity index (χ1n) is 11.1. The molecule has 0 spiro atoms. The number of methoxy groups -OCH3 is 1. The summed E-state index contributed by atoms with van der Waals surface area (Å²) in [6.45, 7) is 0.554. The molecule has 32 heavy (non-hydrogen) atoms. The van der Waals surface area contributed by atoms with E-state index in [0.29, 0.717) is 25.8 Å². The molecule has 2 aliphatic carbocycles. The summed E-state index contributed by atoms with van der Waals surface area (Å²) in [4.78, 5) is 51.4. The van der Waals surface area contributed by atoms with E-state index in [4.69, 9.17) is 9.47 Å². The molecule has 2 fully saturated rings. The van der Waals surface area contributed by atoms with Crippen LogP contribution in [0.15, 0.2) is 42.5 Å². The van der Waals surface area contributed by atoms with Crippen molar-refractivity contribution >= 4 is 23.9 Å². The zero-order valence-corrected chi connectivity index (χ0v) is 18.1. The number of imide groups is 1. The number of nitrogens with one attached hydrogen (secondary N) is 1. The van der Waals surface area contributed by atoms with Crippen molar-refractivity contribution < 1.29 is 28.7 Å². The molecule has 8 heteroatoms. The quantitative estimate of drug-likeness (QED) is 0.274. The molecule has 5 atom stereocenters. The van der Waals surface area contributed by atoms with Gasteiger partial charge in [-0.05, 0) is 43.1 Å². The molecule has 2 bridgehead atoms. The van der Waals surface area contributed by atoms with Gasteiger partial charge in [0.1, 0.15) is 12.6 Å². The summed E-state index contributed by atoms with van der Waals surface area (Å²) >= 11 is 0. The average Bonchev–Trinajstić information content (AvgIpc) is 3.49. The Labute approximate surface area is 186 Å². The largest absolute Gasteiger partial charge is 0.467 e. The van der Waals surface area contributed by atoms with E-state index in [1.54, 1.807) is 0 Å². The summed E-state index contributed by atoms with van der Waals surface area (Å²) in [5, 5.41) is 2.68. The molecular formula is C24H28N2O6. The van der Waals surface area contributed by atoms with Gasteiger partial charge in [0.05, 0.1) is 18.9 Å². The van der Waals surface area contributed by atoms with Crippen molar-refractivity contribution in [1.29, 1.82) is 0 Å². The van der Waals surface area contributed by atoms with Gasteiger partial charge in [0, 0.05) is 6.54 Å². The second kappa shape index (κ2) is 9.54. The second-order valence-electron chi connectivity index (χ2n) is 8.57. The van der Waals surface area contributed by atoms with Crippen molar-refractivity contribution in [3.63, 3.8) is 0 Å². The molecule has 0 unspecified atom stereocenters. The number of amides is 3. The summed E-state index contributed by atoms with van der Waals surface area (Å²) in [6.07, 6.45) is 5.79. The maximum absolute atomic E-state index is 13.0. The van der Waals surface area contributed by atoms with Crippen LogP contribution in [-0.2, 0) is 30.5 Å². The number of hydrogen-bond donors (Lipinski definition) is 1. The van der Waals surface area contributed by atoms with Crippen molar-refractivity contribution in [2.24, 2.45) is 23.7 Å². The Kier molecular flexibility index (Phi) is 6.58. The minimum atomic E-state index is -0.921. The predicted molar refractivity (Wildman–Crippen MR) is 114 cm³/mol.